The van der Waals surface area contributed by atoms with E-state index in [1.807, 2.05) is 6.92 Å². The largest absolute Gasteiger partial charge is 0.365 e. The molecular weight excluding hydrogens is 236 g/mol. The first-order valence-electron chi connectivity index (χ1n) is 4.42. The van der Waals surface area contributed by atoms with Crippen LogP contribution in [0.15, 0.2) is 23.2 Å². The van der Waals surface area contributed by atoms with Gasteiger partial charge in [-0.1, -0.05) is 0 Å². The van der Waals surface area contributed by atoms with E-state index in [-0.39, 0.29) is 10.9 Å². The van der Waals surface area contributed by atoms with Crippen LogP contribution in [0.2, 0.25) is 0 Å². The molecule has 6 heteroatoms. The molecule has 1 aromatic rings. The van der Waals surface area contributed by atoms with Gasteiger partial charge in [0.15, 0.2) is 9.84 Å². The van der Waals surface area contributed by atoms with Crippen LogP contribution >= 0.6 is 11.6 Å². The molecule has 15 heavy (non-hydrogen) atoms. The second kappa shape index (κ2) is 4.81. The first kappa shape index (κ1) is 12.3. The van der Waals surface area contributed by atoms with E-state index in [1.165, 1.54) is 12.3 Å². The summed E-state index contributed by atoms with van der Waals surface area (Å²) in [6.07, 6.45) is 2.69. The average Bonchev–Trinajstić information content (AvgIpc) is 2.17. The number of hydrogen-bond acceptors (Lipinski definition) is 4. The first-order chi connectivity index (χ1) is 6.95. The maximum absolute atomic E-state index is 11.4. The van der Waals surface area contributed by atoms with Crippen molar-refractivity contribution in [2.24, 2.45) is 0 Å². The Morgan fingerprint density at radius 1 is 1.60 bits per heavy atom. The number of rotatable bonds is 4. The number of nitrogens with zero attached hydrogens (tertiary/aromatic N) is 1. The molecule has 0 saturated heterocycles. The molecule has 1 heterocycles. The predicted molar refractivity (Wildman–Crippen MR) is 61.2 cm³/mol. The van der Waals surface area contributed by atoms with Crippen LogP contribution in [-0.4, -0.2) is 31.6 Å². The van der Waals surface area contributed by atoms with Gasteiger partial charge in [0, 0.05) is 24.4 Å². The summed E-state index contributed by atoms with van der Waals surface area (Å²) in [5.74, 6) is 0.743. The van der Waals surface area contributed by atoms with Crippen LogP contribution in [0.3, 0.4) is 0 Å². The van der Waals surface area contributed by atoms with Gasteiger partial charge in [0.25, 0.3) is 0 Å². The zero-order chi connectivity index (χ0) is 11.5. The number of pyridine rings is 1. The van der Waals surface area contributed by atoms with Gasteiger partial charge in [-0.25, -0.2) is 13.4 Å². The molecule has 84 valence electrons. The fraction of sp³-hybridized carbons (Fsp3) is 0.444. The van der Waals surface area contributed by atoms with Gasteiger partial charge >= 0.3 is 0 Å². The van der Waals surface area contributed by atoms with E-state index >= 15 is 0 Å². The van der Waals surface area contributed by atoms with Crippen LogP contribution in [0.4, 0.5) is 5.82 Å². The second-order valence-electron chi connectivity index (χ2n) is 3.32. The minimum atomic E-state index is -3.26. The Bertz CT molecular complexity index is 433. The zero-order valence-electron chi connectivity index (χ0n) is 8.57. The maximum Gasteiger partial charge on any atom is 0.179 e. The van der Waals surface area contributed by atoms with Gasteiger partial charge in [0.2, 0.25) is 0 Å². The molecule has 0 radical (unpaired) electrons. The topological polar surface area (TPSA) is 59.1 Å². The molecule has 0 bridgehead atoms. The molecule has 0 aromatic carbocycles. The van der Waals surface area contributed by atoms with Gasteiger partial charge in [-0.3, -0.25) is 0 Å². The predicted octanol–water partition coefficient (Wildman–Crippen LogP) is 1.52. The van der Waals surface area contributed by atoms with Gasteiger partial charge in [-0.15, -0.1) is 11.6 Å². The van der Waals surface area contributed by atoms with Crippen molar-refractivity contribution in [1.82, 2.24) is 4.98 Å². The third-order valence-corrected chi connectivity index (χ3v) is 3.38. The summed E-state index contributed by atoms with van der Waals surface area (Å²) in [6.45, 7) is 1.85. The van der Waals surface area contributed by atoms with Crippen molar-refractivity contribution in [1.29, 1.82) is 0 Å². The standard InChI is InChI=1S/C9H13ClN2O2S/c1-7(6-10)12-9-8(15(2,13)14)4-3-5-11-9/h3-5,7H,6H2,1-2H3,(H,11,12). The van der Waals surface area contributed by atoms with E-state index < -0.39 is 9.84 Å². The molecular formula is C9H13ClN2O2S. The third-order valence-electron chi connectivity index (χ3n) is 1.78. The fourth-order valence-electron chi connectivity index (χ4n) is 1.07. The van der Waals surface area contributed by atoms with Crippen molar-refractivity contribution < 1.29 is 8.42 Å². The number of nitrogens with one attached hydrogen (secondary N) is 1. The van der Waals surface area contributed by atoms with E-state index in [0.717, 1.165) is 6.26 Å². The van der Waals surface area contributed by atoms with Crippen molar-refractivity contribution in [3.8, 4) is 0 Å². The average molecular weight is 249 g/mol. The lowest BCUT2D eigenvalue weighted by molar-refractivity contribution is 0.601. The molecule has 0 saturated carbocycles. The Hall–Kier alpha value is -0.810. The van der Waals surface area contributed by atoms with Crippen LogP contribution in [0.5, 0.6) is 0 Å². The SMILES string of the molecule is CC(CCl)Nc1ncccc1S(C)(=O)=O. The first-order valence-corrected chi connectivity index (χ1v) is 6.85. The molecule has 0 aliphatic rings. The van der Waals surface area contributed by atoms with Crippen molar-refractivity contribution in [2.45, 2.75) is 17.9 Å². The second-order valence-corrected chi connectivity index (χ2v) is 5.61. The Labute approximate surface area is 94.6 Å². The molecule has 4 nitrogen and oxygen atoms in total. The highest BCUT2D eigenvalue weighted by molar-refractivity contribution is 7.90. The Morgan fingerprint density at radius 2 is 2.27 bits per heavy atom. The Balaban J connectivity index is 3.08. The molecule has 0 amide bonds. The summed E-state index contributed by atoms with van der Waals surface area (Å²) in [4.78, 5) is 4.18. The van der Waals surface area contributed by atoms with Crippen molar-refractivity contribution in [2.75, 3.05) is 17.5 Å². The van der Waals surface area contributed by atoms with Crippen molar-refractivity contribution in [3.05, 3.63) is 18.3 Å². The van der Waals surface area contributed by atoms with Crippen LogP contribution in [-0.2, 0) is 9.84 Å². The van der Waals surface area contributed by atoms with Crippen LogP contribution in [0.1, 0.15) is 6.92 Å². The number of alkyl halides is 1. The van der Waals surface area contributed by atoms with E-state index in [9.17, 15) is 8.42 Å². The van der Waals surface area contributed by atoms with E-state index in [1.54, 1.807) is 6.07 Å². The Morgan fingerprint density at radius 3 is 2.80 bits per heavy atom. The smallest absolute Gasteiger partial charge is 0.179 e. The van der Waals surface area contributed by atoms with E-state index in [4.69, 9.17) is 11.6 Å². The van der Waals surface area contributed by atoms with Crippen LogP contribution in [0, 0.1) is 0 Å². The summed E-state index contributed by atoms with van der Waals surface area (Å²) >= 11 is 5.63. The molecule has 0 spiro atoms. The monoisotopic (exact) mass is 248 g/mol. The van der Waals surface area contributed by atoms with Gasteiger partial charge < -0.3 is 5.32 Å². The summed E-state index contributed by atoms with van der Waals surface area (Å²) < 4.78 is 22.8. The molecule has 0 fully saturated rings. The number of halogens is 1. The highest BCUT2D eigenvalue weighted by Gasteiger charge is 2.14. The van der Waals surface area contributed by atoms with Gasteiger partial charge in [-0.05, 0) is 19.1 Å². The molecule has 1 N–H and O–H groups in total. The van der Waals surface area contributed by atoms with E-state index in [0.29, 0.717) is 11.7 Å². The lowest BCUT2D eigenvalue weighted by Crippen LogP contribution is -2.19. The zero-order valence-corrected chi connectivity index (χ0v) is 10.1. The number of anilines is 1. The lowest BCUT2D eigenvalue weighted by Gasteiger charge is -2.13. The quantitative estimate of drug-likeness (QED) is 0.821. The van der Waals surface area contributed by atoms with Crippen molar-refractivity contribution in [3.63, 3.8) is 0 Å². The summed E-state index contributed by atoms with van der Waals surface area (Å²) in [5.41, 5.74) is 0. The lowest BCUT2D eigenvalue weighted by atomic mass is 10.3. The Kier molecular flexibility index (Phi) is 3.93. The third kappa shape index (κ3) is 3.35. The van der Waals surface area contributed by atoms with Gasteiger partial charge in [0.05, 0.1) is 0 Å². The summed E-state index contributed by atoms with van der Waals surface area (Å²) in [6, 6.07) is 3.08. The fourth-order valence-corrected chi connectivity index (χ4v) is 1.94. The number of aromatic nitrogens is 1. The molecule has 0 aliphatic carbocycles. The maximum atomic E-state index is 11.4. The number of sulfone groups is 1. The van der Waals surface area contributed by atoms with Crippen LogP contribution < -0.4 is 5.32 Å². The van der Waals surface area contributed by atoms with Crippen molar-refractivity contribution >= 4 is 27.3 Å². The van der Waals surface area contributed by atoms with E-state index in [2.05, 4.69) is 10.3 Å². The van der Waals surface area contributed by atoms with Crippen LogP contribution in [0.25, 0.3) is 0 Å². The minimum absolute atomic E-state index is 0.0259. The normalized spacial score (nSPS) is 13.5. The number of hydrogen-bond donors (Lipinski definition) is 1. The molecule has 1 rings (SSSR count). The minimum Gasteiger partial charge on any atom is -0.365 e. The highest BCUT2D eigenvalue weighted by Crippen LogP contribution is 2.18. The summed E-state index contributed by atoms with van der Waals surface area (Å²) in [7, 11) is -3.26. The summed E-state index contributed by atoms with van der Waals surface area (Å²) in [5, 5.41) is 2.94. The molecule has 1 atom stereocenters. The molecule has 0 aliphatic heterocycles. The molecule has 1 aromatic heterocycles. The highest BCUT2D eigenvalue weighted by atomic mass is 35.5. The van der Waals surface area contributed by atoms with Gasteiger partial charge in [-0.2, -0.15) is 0 Å². The molecule has 1 unspecified atom stereocenters. The van der Waals surface area contributed by atoms with Gasteiger partial charge in [0.1, 0.15) is 10.7 Å².